The van der Waals surface area contributed by atoms with Gasteiger partial charge in [-0.1, -0.05) is 0 Å². The van der Waals surface area contributed by atoms with Crippen molar-refractivity contribution in [1.82, 2.24) is 20.1 Å². The van der Waals surface area contributed by atoms with E-state index in [2.05, 4.69) is 20.1 Å². The third-order valence-corrected chi connectivity index (χ3v) is 3.68. The lowest BCUT2D eigenvalue weighted by atomic mass is 10.1. The van der Waals surface area contributed by atoms with Gasteiger partial charge in [0.05, 0.1) is 6.61 Å². The first kappa shape index (κ1) is 11.2. The van der Waals surface area contributed by atoms with Gasteiger partial charge in [0.15, 0.2) is 5.82 Å². The predicted octanol–water partition coefficient (Wildman–Crippen LogP) is 0.740. The van der Waals surface area contributed by atoms with E-state index in [9.17, 15) is 0 Å². The lowest BCUT2D eigenvalue weighted by Crippen LogP contribution is -2.16. The average molecular weight is 236 g/mol. The first-order chi connectivity index (χ1) is 8.43. The zero-order valence-corrected chi connectivity index (χ0v) is 10.2. The Labute approximate surface area is 102 Å². The molecule has 2 aliphatic heterocycles. The molecule has 1 aromatic rings. The lowest BCUT2D eigenvalue weighted by Gasteiger charge is -2.15. The minimum absolute atomic E-state index is 0.615. The maximum absolute atomic E-state index is 5.76. The number of rotatable bonds is 4. The first-order valence-electron chi connectivity index (χ1n) is 6.63. The van der Waals surface area contributed by atoms with Crippen LogP contribution < -0.4 is 5.32 Å². The van der Waals surface area contributed by atoms with E-state index in [1.807, 2.05) is 0 Å². The second-order valence-corrected chi connectivity index (χ2v) is 5.02. The number of fused-ring (bicyclic) bond motifs is 1. The summed E-state index contributed by atoms with van der Waals surface area (Å²) in [6.45, 7) is 4.75. The third kappa shape index (κ3) is 2.50. The molecule has 94 valence electrons. The quantitative estimate of drug-likeness (QED) is 0.838. The zero-order valence-electron chi connectivity index (χ0n) is 10.2. The molecule has 0 saturated carbocycles. The number of aryl methyl sites for hydroxylation is 1. The molecule has 17 heavy (non-hydrogen) atoms. The summed E-state index contributed by atoms with van der Waals surface area (Å²) >= 11 is 0. The zero-order chi connectivity index (χ0) is 11.5. The van der Waals surface area contributed by atoms with Gasteiger partial charge >= 0.3 is 0 Å². The van der Waals surface area contributed by atoms with Crippen molar-refractivity contribution in [3.05, 3.63) is 11.6 Å². The Kier molecular flexibility index (Phi) is 3.38. The van der Waals surface area contributed by atoms with E-state index in [4.69, 9.17) is 4.74 Å². The van der Waals surface area contributed by atoms with Crippen LogP contribution in [0.5, 0.6) is 0 Å². The molecule has 1 unspecified atom stereocenters. The molecular formula is C12H20N4O. The van der Waals surface area contributed by atoms with Crippen LogP contribution in [-0.2, 0) is 24.3 Å². The van der Waals surface area contributed by atoms with Crippen molar-refractivity contribution in [2.45, 2.75) is 38.8 Å². The molecule has 3 heterocycles. The molecular weight excluding hydrogens is 216 g/mol. The van der Waals surface area contributed by atoms with E-state index in [1.54, 1.807) is 0 Å². The van der Waals surface area contributed by atoms with E-state index >= 15 is 0 Å². The first-order valence-corrected chi connectivity index (χ1v) is 6.63. The molecule has 1 fully saturated rings. The highest BCUT2D eigenvalue weighted by Crippen LogP contribution is 2.15. The summed E-state index contributed by atoms with van der Waals surface area (Å²) < 4.78 is 8.00. The second kappa shape index (κ2) is 5.14. The highest BCUT2D eigenvalue weighted by atomic mass is 16.5. The molecule has 1 aromatic heterocycles. The molecule has 5 heteroatoms. The van der Waals surface area contributed by atoms with Gasteiger partial charge in [-0.2, -0.15) is 0 Å². The molecule has 0 aliphatic carbocycles. The van der Waals surface area contributed by atoms with Crippen LogP contribution in [0.2, 0.25) is 0 Å². The predicted molar refractivity (Wildman–Crippen MR) is 63.6 cm³/mol. The number of aromatic nitrogens is 3. The maximum Gasteiger partial charge on any atom is 0.159 e. The average Bonchev–Trinajstić information content (AvgIpc) is 2.99. The number of hydrogen-bond donors (Lipinski definition) is 1. The van der Waals surface area contributed by atoms with Gasteiger partial charge in [-0.25, -0.2) is 0 Å². The van der Waals surface area contributed by atoms with Crippen LogP contribution in [0, 0.1) is 5.92 Å². The molecule has 0 bridgehead atoms. The van der Waals surface area contributed by atoms with Gasteiger partial charge in [-0.15, -0.1) is 10.2 Å². The normalized spacial score (nSPS) is 23.9. The van der Waals surface area contributed by atoms with Gasteiger partial charge in [0, 0.05) is 19.5 Å². The minimum Gasteiger partial charge on any atom is -0.373 e. The molecule has 0 spiro atoms. The fraction of sp³-hybridized carbons (Fsp3) is 0.833. The van der Waals surface area contributed by atoms with Gasteiger partial charge in [0.2, 0.25) is 0 Å². The van der Waals surface area contributed by atoms with Crippen molar-refractivity contribution in [2.75, 3.05) is 19.7 Å². The second-order valence-electron chi connectivity index (χ2n) is 5.02. The van der Waals surface area contributed by atoms with E-state index in [-0.39, 0.29) is 0 Å². The van der Waals surface area contributed by atoms with Crippen molar-refractivity contribution >= 4 is 0 Å². The molecule has 1 atom stereocenters. The minimum atomic E-state index is 0.615. The fourth-order valence-electron chi connectivity index (χ4n) is 2.65. The monoisotopic (exact) mass is 236 g/mol. The van der Waals surface area contributed by atoms with E-state index in [0.717, 1.165) is 44.3 Å². The SMILES string of the molecule is C1CCn2c(nnc2COCC2CCNC2)C1. The standard InChI is InChI=1S/C12H20N4O/c1-2-6-16-11(3-1)14-15-12(16)9-17-8-10-4-5-13-7-10/h10,13H,1-9H2. The summed E-state index contributed by atoms with van der Waals surface area (Å²) in [5.74, 6) is 2.82. The van der Waals surface area contributed by atoms with E-state index in [1.165, 1.54) is 19.3 Å². The highest BCUT2D eigenvalue weighted by Gasteiger charge is 2.17. The Bertz CT molecular complexity index is 371. The molecule has 0 aromatic carbocycles. The van der Waals surface area contributed by atoms with E-state index in [0.29, 0.717) is 12.5 Å². The van der Waals surface area contributed by atoms with E-state index < -0.39 is 0 Å². The summed E-state index contributed by atoms with van der Waals surface area (Å²) in [6.07, 6.45) is 4.79. The summed E-state index contributed by atoms with van der Waals surface area (Å²) in [5.41, 5.74) is 0. The number of nitrogens with zero attached hydrogens (tertiary/aromatic N) is 3. The Morgan fingerprint density at radius 2 is 2.35 bits per heavy atom. The van der Waals surface area contributed by atoms with Crippen molar-refractivity contribution < 1.29 is 4.74 Å². The lowest BCUT2D eigenvalue weighted by molar-refractivity contribution is 0.0852. The maximum atomic E-state index is 5.76. The number of hydrogen-bond acceptors (Lipinski definition) is 4. The van der Waals surface area contributed by atoms with Gasteiger partial charge in [0.1, 0.15) is 12.4 Å². The van der Waals surface area contributed by atoms with Crippen LogP contribution in [0.1, 0.15) is 30.9 Å². The molecule has 1 saturated heterocycles. The van der Waals surface area contributed by atoms with Crippen LogP contribution in [-0.4, -0.2) is 34.5 Å². The molecule has 0 amide bonds. The fourth-order valence-corrected chi connectivity index (χ4v) is 2.65. The van der Waals surface area contributed by atoms with Gasteiger partial charge < -0.3 is 14.6 Å². The van der Waals surface area contributed by atoms with Crippen LogP contribution in [0.15, 0.2) is 0 Å². The van der Waals surface area contributed by atoms with Crippen LogP contribution in [0.3, 0.4) is 0 Å². The van der Waals surface area contributed by atoms with Crippen molar-refractivity contribution in [3.63, 3.8) is 0 Å². The number of nitrogens with one attached hydrogen (secondary N) is 1. The molecule has 2 aliphatic rings. The molecule has 1 N–H and O–H groups in total. The van der Waals surface area contributed by atoms with Gasteiger partial charge in [-0.05, 0) is 31.7 Å². The smallest absolute Gasteiger partial charge is 0.159 e. The summed E-state index contributed by atoms with van der Waals surface area (Å²) in [6, 6.07) is 0. The largest absolute Gasteiger partial charge is 0.373 e. The highest BCUT2D eigenvalue weighted by molar-refractivity contribution is 4.97. The topological polar surface area (TPSA) is 52.0 Å². The summed E-state index contributed by atoms with van der Waals surface area (Å²) in [4.78, 5) is 0. The van der Waals surface area contributed by atoms with Crippen molar-refractivity contribution in [2.24, 2.45) is 5.92 Å². The van der Waals surface area contributed by atoms with Crippen molar-refractivity contribution in [3.8, 4) is 0 Å². The number of ether oxygens (including phenoxy) is 1. The Morgan fingerprint density at radius 1 is 1.35 bits per heavy atom. The Hall–Kier alpha value is -0.940. The molecule has 5 nitrogen and oxygen atoms in total. The van der Waals surface area contributed by atoms with Crippen LogP contribution >= 0.6 is 0 Å². The molecule has 3 rings (SSSR count). The Morgan fingerprint density at radius 3 is 3.24 bits per heavy atom. The van der Waals surface area contributed by atoms with Gasteiger partial charge in [0.25, 0.3) is 0 Å². The summed E-state index contributed by atoms with van der Waals surface area (Å²) in [7, 11) is 0. The summed E-state index contributed by atoms with van der Waals surface area (Å²) in [5, 5.41) is 11.8. The van der Waals surface area contributed by atoms with Crippen LogP contribution in [0.4, 0.5) is 0 Å². The third-order valence-electron chi connectivity index (χ3n) is 3.68. The van der Waals surface area contributed by atoms with Gasteiger partial charge in [-0.3, -0.25) is 0 Å². The van der Waals surface area contributed by atoms with Crippen molar-refractivity contribution in [1.29, 1.82) is 0 Å². The van der Waals surface area contributed by atoms with Crippen LogP contribution in [0.25, 0.3) is 0 Å². The molecule has 0 radical (unpaired) electrons. The Balaban J connectivity index is 1.52.